The van der Waals surface area contributed by atoms with Crippen LogP contribution in [-0.4, -0.2) is 92.1 Å². The molecule has 0 bridgehead atoms. The van der Waals surface area contributed by atoms with E-state index in [9.17, 15) is 19.8 Å². The molecule has 0 radical (unpaired) electrons. The third kappa shape index (κ3) is 7.15. The lowest BCUT2D eigenvalue weighted by Crippen LogP contribution is -2.68. The molecule has 246 valence electrons. The van der Waals surface area contributed by atoms with Gasteiger partial charge in [-0.1, -0.05) is 41.5 Å². The van der Waals surface area contributed by atoms with Crippen molar-refractivity contribution in [3.8, 4) is 0 Å². The first-order valence-electron chi connectivity index (χ1n) is 16.0. The highest BCUT2D eigenvalue weighted by Crippen LogP contribution is 2.47. The van der Waals surface area contributed by atoms with E-state index in [0.717, 1.165) is 25.7 Å². The number of rotatable bonds is 13. The maximum atomic E-state index is 12.9. The van der Waals surface area contributed by atoms with Gasteiger partial charge in [0.2, 0.25) is 0 Å². The number of esters is 2. The predicted octanol–water partition coefficient (Wildman–Crippen LogP) is 4.79. The van der Waals surface area contributed by atoms with Gasteiger partial charge >= 0.3 is 11.9 Å². The summed E-state index contributed by atoms with van der Waals surface area (Å²) in [6.07, 6.45) is 1.39. The van der Waals surface area contributed by atoms with Crippen LogP contribution in [0.25, 0.3) is 0 Å². The Kier molecular flexibility index (Phi) is 12.5. The minimum Gasteiger partial charge on any atom is -0.460 e. The first-order valence-corrected chi connectivity index (χ1v) is 16.0. The van der Waals surface area contributed by atoms with E-state index < -0.39 is 58.5 Å². The molecule has 0 aromatic heterocycles. The van der Waals surface area contributed by atoms with Gasteiger partial charge in [0.25, 0.3) is 0 Å². The van der Waals surface area contributed by atoms with Crippen molar-refractivity contribution in [1.29, 1.82) is 0 Å². The predicted molar refractivity (Wildman–Crippen MR) is 161 cm³/mol. The fourth-order valence-electron chi connectivity index (χ4n) is 6.78. The smallest absolute Gasteiger partial charge is 0.337 e. The van der Waals surface area contributed by atoms with Gasteiger partial charge in [0.05, 0.1) is 12.2 Å². The second-order valence-electron chi connectivity index (χ2n) is 13.7. The summed E-state index contributed by atoms with van der Waals surface area (Å²) in [4.78, 5) is 38.2. The van der Waals surface area contributed by atoms with E-state index in [2.05, 4.69) is 55.4 Å². The van der Waals surface area contributed by atoms with Gasteiger partial charge in [0.1, 0.15) is 13.2 Å². The lowest BCUT2D eigenvalue weighted by atomic mass is 9.69. The Morgan fingerprint density at radius 2 is 1.00 bits per heavy atom. The summed E-state index contributed by atoms with van der Waals surface area (Å²) in [7, 11) is 0. The second kappa shape index (κ2) is 14.2. The Morgan fingerprint density at radius 3 is 1.26 bits per heavy atom. The standard InChI is InChI=1S/C32H60N2O8/c1-13-29(9)19-25(35)21(5)31(11,15-3)33(29)41-23(7)27(37)39-17-18-40-28(38)24(8)42-34-30(10,14-2)20-26(36)22(6)32(34,12)16-4/h21-26,35-36H,13-20H2,1-12H3. The largest absolute Gasteiger partial charge is 0.460 e. The summed E-state index contributed by atoms with van der Waals surface area (Å²) in [6, 6.07) is 0. The molecule has 42 heavy (non-hydrogen) atoms. The maximum absolute atomic E-state index is 12.9. The molecule has 0 aliphatic carbocycles. The van der Waals surface area contributed by atoms with E-state index in [-0.39, 0.29) is 25.0 Å². The van der Waals surface area contributed by atoms with Crippen molar-refractivity contribution >= 4 is 11.9 Å². The molecule has 2 aliphatic rings. The minimum absolute atomic E-state index is 0.0439. The zero-order chi connectivity index (χ0) is 32.3. The number of piperidine rings is 2. The normalized spacial score (nSPS) is 39.5. The molecule has 10 nitrogen and oxygen atoms in total. The topological polar surface area (TPSA) is 118 Å². The van der Waals surface area contributed by atoms with E-state index >= 15 is 0 Å². The lowest BCUT2D eigenvalue weighted by Gasteiger charge is -2.58. The zero-order valence-corrected chi connectivity index (χ0v) is 28.4. The highest BCUT2D eigenvalue weighted by atomic mass is 16.7. The summed E-state index contributed by atoms with van der Waals surface area (Å²) >= 11 is 0. The SMILES string of the molecule is CCC1(C)CC(O)C(C)C(C)(CC)N1OC(C)C(=O)OCCOC(=O)C(C)ON1C(C)(CC)CC(O)C(C)C1(C)CC. The van der Waals surface area contributed by atoms with E-state index in [0.29, 0.717) is 12.8 Å². The number of aliphatic hydroxyl groups excluding tert-OH is 2. The Labute approximate surface area is 254 Å². The molecule has 10 heteroatoms. The molecule has 2 aliphatic heterocycles. The quantitative estimate of drug-likeness (QED) is 0.226. The Bertz CT molecular complexity index is 849. The number of nitrogens with zero attached hydrogens (tertiary/aromatic N) is 2. The summed E-state index contributed by atoms with van der Waals surface area (Å²) in [5.74, 6) is -1.19. The molecule has 0 aromatic rings. The molecular formula is C32H60N2O8. The van der Waals surface area contributed by atoms with Crippen LogP contribution in [0.4, 0.5) is 0 Å². The first-order chi connectivity index (χ1) is 19.4. The van der Waals surface area contributed by atoms with E-state index in [1.165, 1.54) is 0 Å². The van der Waals surface area contributed by atoms with Crippen LogP contribution in [0.5, 0.6) is 0 Å². The van der Waals surface area contributed by atoms with Crippen LogP contribution in [0.15, 0.2) is 0 Å². The van der Waals surface area contributed by atoms with Gasteiger partial charge in [-0.2, -0.15) is 10.1 Å². The lowest BCUT2D eigenvalue weighted by molar-refractivity contribution is -0.332. The fraction of sp³-hybridized carbons (Fsp3) is 0.938. The van der Waals surface area contributed by atoms with Gasteiger partial charge in [-0.15, -0.1) is 0 Å². The molecule has 10 unspecified atom stereocenters. The number of carbonyl (C=O) groups is 2. The van der Waals surface area contributed by atoms with Crippen LogP contribution in [0.1, 0.15) is 122 Å². The van der Waals surface area contributed by atoms with Gasteiger partial charge in [0, 0.05) is 34.0 Å². The van der Waals surface area contributed by atoms with Gasteiger partial charge in [-0.05, 0) is 80.1 Å². The average molecular weight is 601 g/mol. The number of ether oxygens (including phenoxy) is 2. The summed E-state index contributed by atoms with van der Waals surface area (Å²) in [5.41, 5.74) is -1.81. The van der Waals surface area contributed by atoms with Crippen molar-refractivity contribution in [2.45, 2.75) is 168 Å². The van der Waals surface area contributed by atoms with E-state index in [1.807, 2.05) is 24.0 Å². The molecule has 2 fully saturated rings. The van der Waals surface area contributed by atoms with Crippen molar-refractivity contribution in [3.63, 3.8) is 0 Å². The fourth-order valence-corrected chi connectivity index (χ4v) is 6.78. The third-order valence-electron chi connectivity index (χ3n) is 11.0. The molecule has 2 heterocycles. The van der Waals surface area contributed by atoms with Gasteiger partial charge in [-0.25, -0.2) is 9.59 Å². The Balaban J connectivity index is 1.95. The van der Waals surface area contributed by atoms with Crippen molar-refractivity contribution in [3.05, 3.63) is 0 Å². The second-order valence-corrected chi connectivity index (χ2v) is 13.7. The number of carbonyl (C=O) groups excluding carboxylic acids is 2. The molecule has 10 atom stereocenters. The highest BCUT2D eigenvalue weighted by molar-refractivity contribution is 5.75. The molecule has 0 aromatic carbocycles. The maximum Gasteiger partial charge on any atom is 0.337 e. The average Bonchev–Trinajstić information content (AvgIpc) is 2.96. The van der Waals surface area contributed by atoms with Crippen LogP contribution in [-0.2, 0) is 28.7 Å². The third-order valence-corrected chi connectivity index (χ3v) is 11.0. The zero-order valence-electron chi connectivity index (χ0n) is 28.4. The number of hydroxylamine groups is 4. The molecule has 2 rings (SSSR count). The number of aliphatic hydroxyl groups is 2. The first kappa shape index (κ1) is 36.9. The van der Waals surface area contributed by atoms with Gasteiger partial charge in [0.15, 0.2) is 12.2 Å². The van der Waals surface area contributed by atoms with Gasteiger partial charge < -0.3 is 19.7 Å². The van der Waals surface area contributed by atoms with Crippen LogP contribution in [0, 0.1) is 11.8 Å². The monoisotopic (exact) mass is 600 g/mol. The van der Waals surface area contributed by atoms with Gasteiger partial charge in [-0.3, -0.25) is 9.68 Å². The Hall–Kier alpha value is -1.30. The minimum atomic E-state index is -0.878. The molecule has 2 N–H and O–H groups in total. The molecule has 0 spiro atoms. The summed E-state index contributed by atoms with van der Waals surface area (Å²) in [5, 5.41) is 25.3. The molecule has 2 saturated heterocycles. The summed E-state index contributed by atoms with van der Waals surface area (Å²) in [6.45, 7) is 23.6. The van der Waals surface area contributed by atoms with E-state index in [4.69, 9.17) is 19.1 Å². The van der Waals surface area contributed by atoms with Crippen molar-refractivity contribution in [1.82, 2.24) is 10.1 Å². The Morgan fingerprint density at radius 1 is 0.690 bits per heavy atom. The highest BCUT2D eigenvalue weighted by Gasteiger charge is 2.55. The molecule has 0 amide bonds. The van der Waals surface area contributed by atoms with Crippen LogP contribution >= 0.6 is 0 Å². The number of hydrogen-bond acceptors (Lipinski definition) is 10. The van der Waals surface area contributed by atoms with Crippen molar-refractivity contribution in [2.24, 2.45) is 11.8 Å². The molecular weight excluding hydrogens is 540 g/mol. The van der Waals surface area contributed by atoms with E-state index in [1.54, 1.807) is 13.8 Å². The van der Waals surface area contributed by atoms with Crippen molar-refractivity contribution in [2.75, 3.05) is 13.2 Å². The summed E-state index contributed by atoms with van der Waals surface area (Å²) < 4.78 is 10.8. The van der Waals surface area contributed by atoms with Crippen LogP contribution in [0.2, 0.25) is 0 Å². The van der Waals surface area contributed by atoms with Crippen LogP contribution < -0.4 is 0 Å². The molecule has 0 saturated carbocycles. The van der Waals surface area contributed by atoms with Crippen molar-refractivity contribution < 1.29 is 39.0 Å². The number of hydrogen-bond donors (Lipinski definition) is 2. The van der Waals surface area contributed by atoms with Crippen LogP contribution in [0.3, 0.4) is 0 Å².